The van der Waals surface area contributed by atoms with E-state index < -0.39 is 0 Å². The summed E-state index contributed by atoms with van der Waals surface area (Å²) in [5, 5.41) is 1.21. The van der Waals surface area contributed by atoms with Gasteiger partial charge in [-0.05, 0) is 41.3 Å². The zero-order valence-electron chi connectivity index (χ0n) is 16.9. The van der Waals surface area contributed by atoms with E-state index in [4.69, 9.17) is 18.9 Å². The second kappa shape index (κ2) is 8.14. The molecular weight excluding hydrogens is 370 g/mol. The van der Waals surface area contributed by atoms with Crippen LogP contribution in [-0.4, -0.2) is 33.0 Å². The van der Waals surface area contributed by atoms with Crippen LogP contribution in [-0.2, 0) is 0 Å². The average Bonchev–Trinajstić information content (AvgIpc) is 2.76. The minimum atomic E-state index is -0.224. The molecule has 3 rings (SSSR count). The molecule has 6 heteroatoms. The minimum Gasteiger partial charge on any atom is -0.493 e. The number of fused-ring (bicyclic) bond motifs is 1. The molecule has 29 heavy (non-hydrogen) atoms. The summed E-state index contributed by atoms with van der Waals surface area (Å²) in [4.78, 5) is 13.2. The summed E-state index contributed by atoms with van der Waals surface area (Å²) < 4.78 is 23.0. The third-order valence-corrected chi connectivity index (χ3v) is 4.79. The van der Waals surface area contributed by atoms with Crippen molar-refractivity contribution >= 4 is 23.0 Å². The van der Waals surface area contributed by atoms with E-state index in [1.807, 2.05) is 18.2 Å². The molecule has 0 aliphatic rings. The van der Waals surface area contributed by atoms with Gasteiger partial charge in [0.15, 0.2) is 23.0 Å². The number of benzene rings is 2. The molecule has 0 unspecified atom stereocenters. The predicted octanol–water partition coefficient (Wildman–Crippen LogP) is 4.45. The van der Waals surface area contributed by atoms with Gasteiger partial charge in [-0.25, -0.2) is 0 Å². The monoisotopic (exact) mass is 393 g/mol. The number of aromatic nitrogens is 1. The van der Waals surface area contributed by atoms with E-state index in [-0.39, 0.29) is 5.56 Å². The number of methoxy groups -OCH3 is 4. The lowest BCUT2D eigenvalue weighted by Crippen LogP contribution is -2.18. The molecule has 0 bridgehead atoms. The number of hydrogen-bond donors (Lipinski definition) is 0. The van der Waals surface area contributed by atoms with Crippen LogP contribution in [0.1, 0.15) is 5.56 Å². The van der Waals surface area contributed by atoms with Gasteiger partial charge in [0.1, 0.15) is 0 Å². The summed E-state index contributed by atoms with van der Waals surface area (Å²) in [6.07, 6.45) is 3.19. The maximum atomic E-state index is 13.2. The highest BCUT2D eigenvalue weighted by molar-refractivity contribution is 5.90. The fraction of sp³-hybridized carbons (Fsp3) is 0.174. The van der Waals surface area contributed by atoms with Crippen molar-refractivity contribution in [1.29, 1.82) is 0 Å². The molecule has 0 aliphatic heterocycles. The summed E-state index contributed by atoms with van der Waals surface area (Å²) in [5.41, 5.74) is 1.96. The van der Waals surface area contributed by atoms with Gasteiger partial charge in [0.2, 0.25) is 0 Å². The van der Waals surface area contributed by atoms with Crippen LogP contribution < -0.4 is 24.5 Å². The lowest BCUT2D eigenvalue weighted by molar-refractivity contribution is 0.355. The highest BCUT2D eigenvalue weighted by Crippen LogP contribution is 2.38. The fourth-order valence-corrected chi connectivity index (χ4v) is 3.33. The highest BCUT2D eigenvalue weighted by Gasteiger charge is 2.17. The first kappa shape index (κ1) is 20.1. The molecule has 3 aromatic rings. The van der Waals surface area contributed by atoms with Crippen LogP contribution in [0.3, 0.4) is 0 Å². The van der Waals surface area contributed by atoms with Crippen molar-refractivity contribution in [2.24, 2.45) is 0 Å². The van der Waals surface area contributed by atoms with E-state index in [2.05, 4.69) is 13.2 Å². The zero-order valence-corrected chi connectivity index (χ0v) is 16.9. The van der Waals surface area contributed by atoms with Crippen molar-refractivity contribution < 1.29 is 18.9 Å². The Morgan fingerprint density at radius 1 is 0.793 bits per heavy atom. The van der Waals surface area contributed by atoms with Crippen LogP contribution in [0.15, 0.2) is 48.3 Å². The van der Waals surface area contributed by atoms with Crippen molar-refractivity contribution in [3.63, 3.8) is 0 Å². The minimum absolute atomic E-state index is 0.224. The first-order valence-corrected chi connectivity index (χ1v) is 8.85. The van der Waals surface area contributed by atoms with Gasteiger partial charge in [-0.3, -0.25) is 9.36 Å². The van der Waals surface area contributed by atoms with Crippen molar-refractivity contribution in [3.8, 4) is 34.3 Å². The van der Waals surface area contributed by atoms with Gasteiger partial charge < -0.3 is 18.9 Å². The summed E-state index contributed by atoms with van der Waals surface area (Å²) in [6.45, 7) is 7.71. The van der Waals surface area contributed by atoms with E-state index in [9.17, 15) is 4.79 Å². The molecule has 0 spiro atoms. The van der Waals surface area contributed by atoms with Gasteiger partial charge in [-0.2, -0.15) is 0 Å². The SMILES string of the molecule is C=Cc1cc(OC)c(OC)cc1-c1cc2cc(OC)c(OC)cc2c(=O)n1C=C. The smallest absolute Gasteiger partial charge is 0.263 e. The number of hydrogen-bond acceptors (Lipinski definition) is 5. The van der Waals surface area contributed by atoms with Crippen LogP contribution >= 0.6 is 0 Å². The highest BCUT2D eigenvalue weighted by atomic mass is 16.5. The molecule has 6 nitrogen and oxygen atoms in total. The number of ether oxygens (including phenoxy) is 4. The second-order valence-corrected chi connectivity index (χ2v) is 6.18. The van der Waals surface area contributed by atoms with E-state index in [1.165, 1.54) is 17.9 Å². The molecule has 0 N–H and O–H groups in total. The zero-order chi connectivity index (χ0) is 21.1. The molecule has 1 aromatic heterocycles. The molecule has 0 saturated carbocycles. The van der Waals surface area contributed by atoms with Crippen molar-refractivity contribution in [1.82, 2.24) is 4.57 Å². The third kappa shape index (κ3) is 3.33. The predicted molar refractivity (Wildman–Crippen MR) is 116 cm³/mol. The van der Waals surface area contributed by atoms with E-state index in [1.54, 1.807) is 39.5 Å². The van der Waals surface area contributed by atoms with Crippen LogP contribution in [0.5, 0.6) is 23.0 Å². The summed E-state index contributed by atoms with van der Waals surface area (Å²) in [7, 11) is 6.22. The Kier molecular flexibility index (Phi) is 5.64. The first-order chi connectivity index (χ1) is 14.0. The molecule has 1 heterocycles. The average molecular weight is 393 g/mol. The van der Waals surface area contributed by atoms with Gasteiger partial charge in [0, 0.05) is 11.8 Å². The second-order valence-electron chi connectivity index (χ2n) is 6.18. The van der Waals surface area contributed by atoms with Crippen LogP contribution in [0.4, 0.5) is 0 Å². The summed E-state index contributed by atoms with van der Waals surface area (Å²) in [6, 6.07) is 8.98. The molecular formula is C23H23NO5. The summed E-state index contributed by atoms with van der Waals surface area (Å²) >= 11 is 0. The molecule has 0 saturated heterocycles. The van der Waals surface area contributed by atoms with Crippen molar-refractivity contribution in [3.05, 3.63) is 59.4 Å². The maximum absolute atomic E-state index is 13.2. The number of rotatable bonds is 7. The Morgan fingerprint density at radius 3 is 1.90 bits per heavy atom. The Hall–Kier alpha value is -3.67. The Labute approximate surface area is 169 Å². The lowest BCUT2D eigenvalue weighted by Gasteiger charge is -2.17. The van der Waals surface area contributed by atoms with E-state index in [0.29, 0.717) is 39.5 Å². The van der Waals surface area contributed by atoms with Crippen LogP contribution in [0, 0.1) is 0 Å². The molecule has 0 atom stereocenters. The van der Waals surface area contributed by atoms with Gasteiger partial charge >= 0.3 is 0 Å². The molecule has 0 aliphatic carbocycles. The van der Waals surface area contributed by atoms with E-state index >= 15 is 0 Å². The maximum Gasteiger partial charge on any atom is 0.263 e. The summed E-state index contributed by atoms with van der Waals surface area (Å²) in [5.74, 6) is 2.14. The number of pyridine rings is 1. The lowest BCUT2D eigenvalue weighted by atomic mass is 10.00. The van der Waals surface area contributed by atoms with Gasteiger partial charge in [0.05, 0.1) is 39.5 Å². The topological polar surface area (TPSA) is 58.9 Å². The largest absolute Gasteiger partial charge is 0.493 e. The van der Waals surface area contributed by atoms with Crippen molar-refractivity contribution in [2.75, 3.05) is 28.4 Å². The first-order valence-electron chi connectivity index (χ1n) is 8.85. The van der Waals surface area contributed by atoms with Gasteiger partial charge in [-0.1, -0.05) is 19.2 Å². The van der Waals surface area contributed by atoms with Gasteiger partial charge in [0.25, 0.3) is 5.56 Å². The van der Waals surface area contributed by atoms with Crippen LogP contribution in [0.25, 0.3) is 34.3 Å². The molecule has 0 amide bonds. The molecule has 2 aromatic carbocycles. The van der Waals surface area contributed by atoms with E-state index in [0.717, 1.165) is 11.1 Å². The third-order valence-electron chi connectivity index (χ3n) is 4.79. The Morgan fingerprint density at radius 2 is 1.34 bits per heavy atom. The Balaban J connectivity index is 2.42. The molecule has 150 valence electrons. The van der Waals surface area contributed by atoms with Crippen molar-refractivity contribution in [2.45, 2.75) is 0 Å². The van der Waals surface area contributed by atoms with Gasteiger partial charge in [-0.15, -0.1) is 0 Å². The molecule has 0 radical (unpaired) electrons. The fourth-order valence-electron chi connectivity index (χ4n) is 3.33. The molecule has 0 fully saturated rings. The standard InChI is InChI=1S/C23H23NO5/c1-7-14-10-19(26-3)21(28-5)12-16(14)18-9-15-11-20(27-4)22(29-6)13-17(15)23(25)24(18)8-2/h7-13H,1-2H2,3-6H3. The number of nitrogens with zero attached hydrogens (tertiary/aromatic N) is 1. The quantitative estimate of drug-likeness (QED) is 0.594. The Bertz CT molecular complexity index is 1160. The van der Waals surface area contributed by atoms with Crippen LogP contribution in [0.2, 0.25) is 0 Å². The normalized spacial score (nSPS) is 10.5.